The second kappa shape index (κ2) is 6.91. The fourth-order valence-corrected chi connectivity index (χ4v) is 2.12. The highest BCUT2D eigenvalue weighted by atomic mass is 79.9. The van der Waals surface area contributed by atoms with Gasteiger partial charge >= 0.3 is 0 Å². The summed E-state index contributed by atoms with van der Waals surface area (Å²) in [6.07, 6.45) is 2.08. The molecule has 20 heavy (non-hydrogen) atoms. The van der Waals surface area contributed by atoms with Crippen molar-refractivity contribution in [2.45, 2.75) is 26.8 Å². The maximum absolute atomic E-state index is 5.87. The van der Waals surface area contributed by atoms with Gasteiger partial charge in [0.05, 0.1) is 0 Å². The van der Waals surface area contributed by atoms with Crippen LogP contribution in [0.5, 0.6) is 0 Å². The van der Waals surface area contributed by atoms with Crippen molar-refractivity contribution in [1.82, 2.24) is 5.32 Å². The first-order chi connectivity index (χ1) is 9.54. The van der Waals surface area contributed by atoms with Gasteiger partial charge in [0, 0.05) is 22.6 Å². The van der Waals surface area contributed by atoms with Crippen LogP contribution < -0.4 is 5.32 Å². The molecule has 0 bridgehead atoms. The van der Waals surface area contributed by atoms with Crippen molar-refractivity contribution in [1.29, 1.82) is 0 Å². The van der Waals surface area contributed by atoms with E-state index in [0.29, 0.717) is 6.04 Å². The van der Waals surface area contributed by atoms with Gasteiger partial charge < -0.3 is 9.73 Å². The number of halogens is 1. The maximum Gasteiger partial charge on any atom is 0.134 e. The summed E-state index contributed by atoms with van der Waals surface area (Å²) < 4.78 is 6.94. The summed E-state index contributed by atoms with van der Waals surface area (Å²) in [4.78, 5) is 0. The molecule has 0 saturated heterocycles. The molecular formula is C17H20BrNO. The first-order valence-electron chi connectivity index (χ1n) is 6.81. The molecule has 1 N–H and O–H groups in total. The van der Waals surface area contributed by atoms with Crippen molar-refractivity contribution >= 4 is 22.0 Å². The minimum atomic E-state index is 0.494. The highest BCUT2D eigenvalue weighted by molar-refractivity contribution is 9.10. The lowest BCUT2D eigenvalue weighted by Crippen LogP contribution is -2.24. The summed E-state index contributed by atoms with van der Waals surface area (Å²) in [6.45, 7) is 7.28. The van der Waals surface area contributed by atoms with Gasteiger partial charge in [-0.15, -0.1) is 0 Å². The van der Waals surface area contributed by atoms with Crippen molar-refractivity contribution in [3.05, 3.63) is 52.2 Å². The van der Waals surface area contributed by atoms with Crippen molar-refractivity contribution in [3.63, 3.8) is 0 Å². The summed E-state index contributed by atoms with van der Waals surface area (Å²) in [7, 11) is 0. The second-order valence-corrected chi connectivity index (χ2v) is 6.15. The predicted molar refractivity (Wildman–Crippen MR) is 88.6 cm³/mol. The van der Waals surface area contributed by atoms with Crippen LogP contribution in [-0.2, 0) is 0 Å². The molecule has 1 aromatic carbocycles. The molecule has 2 nitrogen and oxygen atoms in total. The molecule has 3 heteroatoms. The van der Waals surface area contributed by atoms with Crippen LogP contribution in [0.4, 0.5) is 0 Å². The van der Waals surface area contributed by atoms with Crippen LogP contribution in [0.15, 0.2) is 50.9 Å². The Morgan fingerprint density at radius 1 is 1.20 bits per heavy atom. The van der Waals surface area contributed by atoms with E-state index in [1.54, 1.807) is 0 Å². The van der Waals surface area contributed by atoms with Crippen molar-refractivity contribution in [2.24, 2.45) is 0 Å². The van der Waals surface area contributed by atoms with Gasteiger partial charge in [-0.05, 0) is 37.3 Å². The van der Waals surface area contributed by atoms with Gasteiger partial charge in [-0.2, -0.15) is 0 Å². The van der Waals surface area contributed by atoms with Crippen LogP contribution in [-0.4, -0.2) is 12.6 Å². The second-order valence-electron chi connectivity index (χ2n) is 5.24. The third-order valence-electron chi connectivity index (χ3n) is 2.93. The number of nitrogens with one attached hydrogen (secondary N) is 1. The van der Waals surface area contributed by atoms with Gasteiger partial charge in [0.1, 0.15) is 11.5 Å². The zero-order valence-corrected chi connectivity index (χ0v) is 13.7. The Balaban J connectivity index is 2.09. The van der Waals surface area contributed by atoms with Crippen molar-refractivity contribution in [3.8, 4) is 11.3 Å². The molecule has 0 spiro atoms. The molecule has 0 atom stereocenters. The molecule has 0 saturated carbocycles. The fourth-order valence-electron chi connectivity index (χ4n) is 1.86. The molecule has 0 fully saturated rings. The molecule has 0 aliphatic rings. The standard InChI is InChI=1S/C17H20BrNO/c1-12(2)19-11-13(3)10-16-8-9-17(20-16)14-4-6-15(18)7-5-14/h4-10,12,19H,11H2,1-3H3. The molecule has 0 aliphatic heterocycles. The topological polar surface area (TPSA) is 25.2 Å². The number of hydrogen-bond donors (Lipinski definition) is 1. The molecule has 2 aromatic rings. The molecule has 1 aromatic heterocycles. The molecule has 0 amide bonds. The Hall–Kier alpha value is -1.32. The van der Waals surface area contributed by atoms with Gasteiger partial charge in [0.15, 0.2) is 0 Å². The van der Waals surface area contributed by atoms with E-state index >= 15 is 0 Å². The van der Waals surface area contributed by atoms with Crippen LogP contribution in [0.3, 0.4) is 0 Å². The van der Waals surface area contributed by atoms with E-state index in [9.17, 15) is 0 Å². The van der Waals surface area contributed by atoms with Crippen molar-refractivity contribution < 1.29 is 4.42 Å². The summed E-state index contributed by atoms with van der Waals surface area (Å²) in [6, 6.07) is 12.6. The van der Waals surface area contributed by atoms with E-state index in [0.717, 1.165) is 28.1 Å². The highest BCUT2D eigenvalue weighted by Gasteiger charge is 2.03. The van der Waals surface area contributed by atoms with E-state index in [4.69, 9.17) is 4.42 Å². The van der Waals surface area contributed by atoms with Crippen LogP contribution in [0.1, 0.15) is 26.5 Å². The third kappa shape index (κ3) is 4.36. The lowest BCUT2D eigenvalue weighted by atomic mass is 10.2. The van der Waals surface area contributed by atoms with Crippen LogP contribution >= 0.6 is 15.9 Å². The fraction of sp³-hybridized carbons (Fsp3) is 0.294. The highest BCUT2D eigenvalue weighted by Crippen LogP contribution is 2.24. The van der Waals surface area contributed by atoms with Crippen LogP contribution in [0.2, 0.25) is 0 Å². The summed E-state index contributed by atoms with van der Waals surface area (Å²) in [5, 5.41) is 3.40. The Bertz CT molecular complexity index is 581. The molecule has 1 heterocycles. The number of hydrogen-bond acceptors (Lipinski definition) is 2. The summed E-state index contributed by atoms with van der Waals surface area (Å²) in [5.74, 6) is 1.79. The van der Waals surface area contributed by atoms with Gasteiger partial charge in [-0.1, -0.05) is 47.5 Å². The zero-order chi connectivity index (χ0) is 14.5. The largest absolute Gasteiger partial charge is 0.457 e. The third-order valence-corrected chi connectivity index (χ3v) is 3.46. The molecule has 0 aliphatic carbocycles. The monoisotopic (exact) mass is 333 g/mol. The quantitative estimate of drug-likeness (QED) is 0.822. The van der Waals surface area contributed by atoms with Crippen LogP contribution in [0, 0.1) is 0 Å². The van der Waals surface area contributed by atoms with E-state index in [1.165, 1.54) is 5.57 Å². The zero-order valence-electron chi connectivity index (χ0n) is 12.1. The molecule has 2 rings (SSSR count). The summed E-state index contributed by atoms with van der Waals surface area (Å²) >= 11 is 3.44. The van der Waals surface area contributed by atoms with E-state index in [1.807, 2.05) is 36.4 Å². The van der Waals surface area contributed by atoms with E-state index in [-0.39, 0.29) is 0 Å². The van der Waals surface area contributed by atoms with Gasteiger partial charge in [-0.3, -0.25) is 0 Å². The average molecular weight is 334 g/mol. The van der Waals surface area contributed by atoms with E-state index < -0.39 is 0 Å². The number of furan rings is 1. The minimum Gasteiger partial charge on any atom is -0.457 e. The number of benzene rings is 1. The van der Waals surface area contributed by atoms with E-state index in [2.05, 4.69) is 48.1 Å². The Morgan fingerprint density at radius 3 is 2.55 bits per heavy atom. The molecule has 0 radical (unpaired) electrons. The summed E-state index contributed by atoms with van der Waals surface area (Å²) in [5.41, 5.74) is 2.35. The average Bonchev–Trinajstić information content (AvgIpc) is 2.85. The smallest absolute Gasteiger partial charge is 0.134 e. The van der Waals surface area contributed by atoms with Gasteiger partial charge in [-0.25, -0.2) is 0 Å². The molecule has 106 valence electrons. The molecule has 0 unspecified atom stereocenters. The van der Waals surface area contributed by atoms with Crippen molar-refractivity contribution in [2.75, 3.05) is 6.54 Å². The Morgan fingerprint density at radius 2 is 1.90 bits per heavy atom. The van der Waals surface area contributed by atoms with Gasteiger partial charge in [0.25, 0.3) is 0 Å². The first kappa shape index (κ1) is 15.1. The normalized spacial score (nSPS) is 12.2. The minimum absolute atomic E-state index is 0.494. The SMILES string of the molecule is CC(=Cc1ccc(-c2ccc(Br)cc2)o1)CNC(C)C. The predicted octanol–water partition coefficient (Wildman–Crippen LogP) is 5.11. The Kier molecular flexibility index (Phi) is 5.21. The maximum atomic E-state index is 5.87. The lowest BCUT2D eigenvalue weighted by Gasteiger charge is -2.07. The van der Waals surface area contributed by atoms with Crippen LogP contribution in [0.25, 0.3) is 17.4 Å². The Labute approximate surface area is 129 Å². The molecular weight excluding hydrogens is 314 g/mol. The van der Waals surface area contributed by atoms with Gasteiger partial charge in [0.2, 0.25) is 0 Å². The first-order valence-corrected chi connectivity index (χ1v) is 7.60. The number of rotatable bonds is 5. The lowest BCUT2D eigenvalue weighted by molar-refractivity contribution is 0.570.